The largest absolute Gasteiger partial charge is 0.483 e. The van der Waals surface area contributed by atoms with Gasteiger partial charge in [-0.25, -0.2) is 8.42 Å². The normalized spacial score (nSPS) is 15.3. The molecule has 3 aromatic rings. The number of sulfonamides is 1. The van der Waals surface area contributed by atoms with Gasteiger partial charge in [0.1, 0.15) is 5.75 Å². The summed E-state index contributed by atoms with van der Waals surface area (Å²) in [5.74, 6) is 0.334. The Morgan fingerprint density at radius 1 is 1.09 bits per heavy atom. The van der Waals surface area contributed by atoms with Crippen LogP contribution in [-0.2, 0) is 21.2 Å². The Hall–Kier alpha value is -2.84. The van der Waals surface area contributed by atoms with E-state index in [0.717, 1.165) is 27.7 Å². The lowest BCUT2D eigenvalue weighted by molar-refractivity contribution is -0.120. The molecular weight excluding hydrogens is 504 g/mol. The molecule has 1 amide bonds. The molecule has 1 atom stereocenters. The van der Waals surface area contributed by atoms with Crippen molar-refractivity contribution in [3.63, 3.8) is 0 Å². The molecule has 0 aromatic heterocycles. The van der Waals surface area contributed by atoms with Gasteiger partial charge in [-0.3, -0.25) is 9.52 Å². The molecule has 0 bridgehead atoms. The number of aryl methyl sites for hydroxylation is 2. The number of benzene rings is 3. The summed E-state index contributed by atoms with van der Waals surface area (Å²) in [5.41, 5.74) is 4.20. The Bertz CT molecular complexity index is 1310. The van der Waals surface area contributed by atoms with Gasteiger partial charge in [0.15, 0.2) is 6.61 Å². The Labute approximate surface area is 202 Å². The van der Waals surface area contributed by atoms with E-state index in [4.69, 9.17) is 4.74 Å². The molecule has 1 N–H and O–H groups in total. The van der Waals surface area contributed by atoms with Gasteiger partial charge in [-0.15, -0.1) is 0 Å². The van der Waals surface area contributed by atoms with E-state index in [9.17, 15) is 13.2 Å². The second kappa shape index (κ2) is 9.19. The molecule has 1 heterocycles. The molecule has 3 aromatic carbocycles. The van der Waals surface area contributed by atoms with Crippen LogP contribution in [0, 0.1) is 13.8 Å². The van der Waals surface area contributed by atoms with Crippen LogP contribution < -0.4 is 14.4 Å². The highest BCUT2D eigenvalue weighted by Crippen LogP contribution is 2.34. The lowest BCUT2D eigenvalue weighted by Gasteiger charge is -2.23. The summed E-state index contributed by atoms with van der Waals surface area (Å²) in [6.07, 6.45) is 0.792. The van der Waals surface area contributed by atoms with E-state index in [1.165, 1.54) is 6.07 Å². The van der Waals surface area contributed by atoms with Crippen LogP contribution in [0.1, 0.15) is 23.6 Å². The quantitative estimate of drug-likeness (QED) is 0.475. The molecule has 0 fully saturated rings. The molecule has 0 aliphatic carbocycles. The lowest BCUT2D eigenvalue weighted by Crippen LogP contribution is -2.39. The van der Waals surface area contributed by atoms with Crippen molar-refractivity contribution >= 4 is 43.2 Å². The molecule has 0 radical (unpaired) electrons. The van der Waals surface area contributed by atoms with Gasteiger partial charge in [0.25, 0.3) is 15.9 Å². The van der Waals surface area contributed by atoms with E-state index in [-0.39, 0.29) is 23.5 Å². The zero-order valence-corrected chi connectivity index (χ0v) is 21.0. The van der Waals surface area contributed by atoms with Crippen molar-refractivity contribution < 1.29 is 17.9 Å². The van der Waals surface area contributed by atoms with Crippen molar-refractivity contribution in [2.24, 2.45) is 0 Å². The maximum atomic E-state index is 12.9. The van der Waals surface area contributed by atoms with E-state index < -0.39 is 10.0 Å². The van der Waals surface area contributed by atoms with E-state index in [1.807, 2.05) is 44.2 Å². The zero-order chi connectivity index (χ0) is 23.8. The van der Waals surface area contributed by atoms with Crippen molar-refractivity contribution in [1.82, 2.24) is 0 Å². The Morgan fingerprint density at radius 3 is 2.52 bits per heavy atom. The smallest absolute Gasteiger partial charge is 0.265 e. The summed E-state index contributed by atoms with van der Waals surface area (Å²) in [6.45, 7) is 5.58. The average Bonchev–Trinajstić information content (AvgIpc) is 3.08. The fourth-order valence-corrected chi connectivity index (χ4v) is 5.53. The summed E-state index contributed by atoms with van der Waals surface area (Å²) in [6, 6.07) is 17.7. The molecule has 0 saturated carbocycles. The summed E-state index contributed by atoms with van der Waals surface area (Å²) < 4.78 is 34.9. The molecule has 6 nitrogen and oxygen atoms in total. The number of halogens is 1. The van der Waals surface area contributed by atoms with Crippen molar-refractivity contribution in [1.29, 1.82) is 0 Å². The van der Waals surface area contributed by atoms with Gasteiger partial charge in [-0.05, 0) is 86.8 Å². The number of nitrogens with zero attached hydrogens (tertiary/aromatic N) is 1. The lowest BCUT2D eigenvalue weighted by atomic mass is 10.1. The number of nitrogens with one attached hydrogen (secondary N) is 1. The number of amides is 1. The summed E-state index contributed by atoms with van der Waals surface area (Å²) >= 11 is 3.48. The number of carbonyl (C=O) groups excluding carboxylic acids is 1. The fourth-order valence-electron chi connectivity index (χ4n) is 3.98. The molecule has 0 unspecified atom stereocenters. The highest BCUT2D eigenvalue weighted by molar-refractivity contribution is 9.10. The van der Waals surface area contributed by atoms with Gasteiger partial charge in [0.05, 0.1) is 4.90 Å². The Kier molecular flexibility index (Phi) is 6.50. The van der Waals surface area contributed by atoms with Gasteiger partial charge in [-0.2, -0.15) is 0 Å². The average molecular weight is 529 g/mol. The number of hydrogen-bond acceptors (Lipinski definition) is 4. The Balaban J connectivity index is 1.45. The molecular formula is C25H25BrN2O4S. The second-order valence-corrected chi connectivity index (χ2v) is 10.9. The number of fused-ring (bicyclic) bond motifs is 1. The molecule has 4 rings (SSSR count). The highest BCUT2D eigenvalue weighted by atomic mass is 79.9. The van der Waals surface area contributed by atoms with Crippen LogP contribution in [0.2, 0.25) is 0 Å². The van der Waals surface area contributed by atoms with Gasteiger partial charge >= 0.3 is 0 Å². The SMILES string of the molecule is Cc1ccc(NS(=O)(=O)c2ccc(OCC(=O)N3c4ccc(Br)cc4C[C@H]3C)c(C)c2)cc1. The molecule has 172 valence electrons. The Morgan fingerprint density at radius 2 is 1.82 bits per heavy atom. The predicted octanol–water partition coefficient (Wildman–Crippen LogP) is 5.22. The van der Waals surface area contributed by atoms with Crippen LogP contribution in [-0.4, -0.2) is 27.0 Å². The molecule has 1 aliphatic rings. The first-order chi connectivity index (χ1) is 15.6. The number of ether oxygens (including phenoxy) is 1. The number of rotatable bonds is 6. The first-order valence-electron chi connectivity index (χ1n) is 10.6. The predicted molar refractivity (Wildman–Crippen MR) is 133 cm³/mol. The van der Waals surface area contributed by atoms with Crippen molar-refractivity contribution in [2.45, 2.75) is 38.1 Å². The minimum absolute atomic E-state index is 0.0480. The first kappa shape index (κ1) is 23.3. The van der Waals surface area contributed by atoms with Crippen molar-refractivity contribution in [2.75, 3.05) is 16.2 Å². The monoisotopic (exact) mass is 528 g/mol. The van der Waals surface area contributed by atoms with E-state index in [0.29, 0.717) is 17.0 Å². The summed E-state index contributed by atoms with van der Waals surface area (Å²) in [4.78, 5) is 14.8. The third kappa shape index (κ3) is 5.07. The summed E-state index contributed by atoms with van der Waals surface area (Å²) in [7, 11) is -3.74. The molecule has 1 aliphatic heterocycles. The minimum Gasteiger partial charge on any atom is -0.483 e. The number of carbonyl (C=O) groups is 1. The number of hydrogen-bond donors (Lipinski definition) is 1. The maximum Gasteiger partial charge on any atom is 0.265 e. The van der Waals surface area contributed by atoms with E-state index in [1.54, 1.807) is 36.1 Å². The fraction of sp³-hybridized carbons (Fsp3) is 0.240. The first-order valence-corrected chi connectivity index (χ1v) is 12.8. The summed E-state index contributed by atoms with van der Waals surface area (Å²) in [5, 5.41) is 0. The van der Waals surface area contributed by atoms with Crippen LogP contribution in [0.4, 0.5) is 11.4 Å². The van der Waals surface area contributed by atoms with Gasteiger partial charge in [0.2, 0.25) is 0 Å². The van der Waals surface area contributed by atoms with Crippen LogP contribution in [0.5, 0.6) is 5.75 Å². The third-order valence-electron chi connectivity index (χ3n) is 5.64. The topological polar surface area (TPSA) is 75.7 Å². The van der Waals surface area contributed by atoms with E-state index in [2.05, 4.69) is 20.7 Å². The van der Waals surface area contributed by atoms with Crippen LogP contribution in [0.25, 0.3) is 0 Å². The standard InChI is InChI=1S/C25H25BrN2O4S/c1-16-4-7-21(8-5-16)27-33(30,31)22-9-11-24(17(2)12-22)32-15-25(29)28-18(3)13-19-14-20(26)6-10-23(19)28/h4-12,14,18,27H,13,15H2,1-3H3/t18-/m1/s1. The zero-order valence-electron chi connectivity index (χ0n) is 18.6. The second-order valence-electron chi connectivity index (χ2n) is 8.28. The van der Waals surface area contributed by atoms with Crippen molar-refractivity contribution in [3.05, 3.63) is 81.8 Å². The molecule has 33 heavy (non-hydrogen) atoms. The molecule has 8 heteroatoms. The van der Waals surface area contributed by atoms with Gasteiger partial charge in [-0.1, -0.05) is 33.6 Å². The number of anilines is 2. The van der Waals surface area contributed by atoms with Gasteiger partial charge < -0.3 is 9.64 Å². The van der Waals surface area contributed by atoms with Crippen LogP contribution >= 0.6 is 15.9 Å². The third-order valence-corrected chi connectivity index (χ3v) is 7.51. The van der Waals surface area contributed by atoms with Crippen LogP contribution in [0.3, 0.4) is 0 Å². The van der Waals surface area contributed by atoms with E-state index >= 15 is 0 Å². The van der Waals surface area contributed by atoms with Gasteiger partial charge in [0, 0.05) is 21.9 Å². The molecule has 0 spiro atoms. The molecule has 0 saturated heterocycles. The highest BCUT2D eigenvalue weighted by Gasteiger charge is 2.31. The van der Waals surface area contributed by atoms with Crippen LogP contribution in [0.15, 0.2) is 70.0 Å². The maximum absolute atomic E-state index is 12.9. The minimum atomic E-state index is -3.74. The van der Waals surface area contributed by atoms with Crippen molar-refractivity contribution in [3.8, 4) is 5.75 Å².